The molecule has 4 aromatic rings. The number of rotatable bonds is 6. The van der Waals surface area contributed by atoms with Gasteiger partial charge in [-0.15, -0.1) is 0 Å². The predicted molar refractivity (Wildman–Crippen MR) is 143 cm³/mol. The van der Waals surface area contributed by atoms with Crippen LogP contribution >= 0.6 is 15.9 Å². The topological polar surface area (TPSA) is 93.3 Å². The fourth-order valence-corrected chi connectivity index (χ4v) is 4.78. The van der Waals surface area contributed by atoms with Crippen molar-refractivity contribution in [1.82, 2.24) is 24.8 Å². The molecule has 35 heavy (non-hydrogen) atoms. The number of benzene rings is 1. The van der Waals surface area contributed by atoms with Gasteiger partial charge in [-0.3, -0.25) is 14.7 Å². The number of amides is 1. The van der Waals surface area contributed by atoms with Crippen LogP contribution in [0.4, 0.5) is 17.1 Å². The van der Waals surface area contributed by atoms with Crippen LogP contribution in [-0.2, 0) is 4.79 Å². The van der Waals surface area contributed by atoms with Gasteiger partial charge in [0.05, 0.1) is 28.6 Å². The van der Waals surface area contributed by atoms with Crippen molar-refractivity contribution in [3.05, 3.63) is 59.5 Å². The van der Waals surface area contributed by atoms with Crippen molar-refractivity contribution in [2.45, 2.75) is 0 Å². The molecule has 0 bridgehead atoms. The third-order valence-electron chi connectivity index (χ3n) is 6.10. The molecule has 10 heteroatoms. The van der Waals surface area contributed by atoms with E-state index in [1.54, 1.807) is 18.5 Å². The number of nitrogens with one attached hydrogen (secondary N) is 2. The van der Waals surface area contributed by atoms with E-state index < -0.39 is 0 Å². The molecular weight excluding hydrogens is 508 g/mol. The molecule has 9 nitrogen and oxygen atoms in total. The first kappa shape index (κ1) is 23.3. The maximum absolute atomic E-state index is 12.4. The minimum absolute atomic E-state index is 0.0313. The molecule has 5 rings (SSSR count). The molecule has 0 aliphatic carbocycles. The molecule has 0 spiro atoms. The van der Waals surface area contributed by atoms with Crippen molar-refractivity contribution in [3.8, 4) is 11.4 Å². The number of anilines is 3. The lowest BCUT2D eigenvalue weighted by atomic mass is 10.2. The van der Waals surface area contributed by atoms with E-state index in [1.807, 2.05) is 26.4 Å². The molecule has 4 heterocycles. The van der Waals surface area contributed by atoms with Crippen molar-refractivity contribution in [1.29, 1.82) is 0 Å². The summed E-state index contributed by atoms with van der Waals surface area (Å²) >= 11 is 3.69. The molecule has 1 amide bonds. The molecule has 0 radical (unpaired) electrons. The number of fused-ring (bicyclic) bond motifs is 1. The van der Waals surface area contributed by atoms with Gasteiger partial charge in [0, 0.05) is 63.9 Å². The van der Waals surface area contributed by atoms with E-state index in [0.29, 0.717) is 12.2 Å². The van der Waals surface area contributed by atoms with Crippen LogP contribution in [0.1, 0.15) is 0 Å². The first-order valence-electron chi connectivity index (χ1n) is 11.5. The van der Waals surface area contributed by atoms with Gasteiger partial charge in [0.25, 0.3) is 0 Å². The Kier molecular flexibility index (Phi) is 6.65. The molecule has 1 aliphatic rings. The number of carbonyl (C=O) groups excluding carboxylic acids is 1. The first-order valence-corrected chi connectivity index (χ1v) is 12.3. The van der Waals surface area contributed by atoms with Gasteiger partial charge >= 0.3 is 0 Å². The highest BCUT2D eigenvalue weighted by Crippen LogP contribution is 2.34. The van der Waals surface area contributed by atoms with Crippen molar-refractivity contribution < 1.29 is 4.79 Å². The number of nitrogens with zero attached hydrogens (tertiary/aromatic N) is 6. The highest BCUT2D eigenvalue weighted by molar-refractivity contribution is 9.10. The SMILES string of the molecule is CN(C)c1ccc(-c2nc3c(N4CCN(CC(=O)Nc5cccnc5)CC4)c(Br)cnc3[nH]2)cc1. The van der Waals surface area contributed by atoms with Crippen molar-refractivity contribution in [3.63, 3.8) is 0 Å². The highest BCUT2D eigenvalue weighted by atomic mass is 79.9. The quantitative estimate of drug-likeness (QED) is 0.390. The Morgan fingerprint density at radius 1 is 1.11 bits per heavy atom. The van der Waals surface area contributed by atoms with E-state index in [2.05, 4.69) is 75.2 Å². The molecular formula is C25H27BrN8O. The first-order chi connectivity index (χ1) is 17.0. The summed E-state index contributed by atoms with van der Waals surface area (Å²) in [6.45, 7) is 3.49. The van der Waals surface area contributed by atoms with Crippen molar-refractivity contribution in [2.24, 2.45) is 0 Å². The summed E-state index contributed by atoms with van der Waals surface area (Å²) in [6, 6.07) is 11.9. The number of hydrogen-bond acceptors (Lipinski definition) is 7. The standard InChI is InChI=1S/C25H27BrN8O/c1-32(2)19-7-5-17(6-8-19)24-30-22-23(20(26)15-28-25(22)31-24)34-12-10-33(11-13-34)16-21(35)29-18-4-3-9-27-14-18/h3-9,14-15H,10-13,16H2,1-2H3,(H,29,35)(H,28,30,31). The highest BCUT2D eigenvalue weighted by Gasteiger charge is 2.24. The van der Waals surface area contributed by atoms with Gasteiger partial charge in [0.1, 0.15) is 11.3 Å². The van der Waals surface area contributed by atoms with Gasteiger partial charge < -0.3 is 20.1 Å². The summed E-state index contributed by atoms with van der Waals surface area (Å²) in [5.41, 5.74) is 5.49. The van der Waals surface area contributed by atoms with E-state index in [1.165, 1.54) is 0 Å². The molecule has 180 valence electrons. The number of halogens is 1. The number of H-pyrrole nitrogens is 1. The van der Waals surface area contributed by atoms with E-state index >= 15 is 0 Å². The molecule has 0 atom stereocenters. The second kappa shape index (κ2) is 10.0. The van der Waals surface area contributed by atoms with Gasteiger partial charge in [0.2, 0.25) is 5.91 Å². The normalized spacial score (nSPS) is 14.3. The van der Waals surface area contributed by atoms with E-state index in [9.17, 15) is 4.79 Å². The Bertz CT molecular complexity index is 1310. The number of hydrogen-bond donors (Lipinski definition) is 2. The second-order valence-corrected chi connectivity index (χ2v) is 9.59. The average Bonchev–Trinajstić information content (AvgIpc) is 3.29. The molecule has 0 saturated carbocycles. The van der Waals surface area contributed by atoms with Gasteiger partial charge in [-0.05, 0) is 52.3 Å². The maximum atomic E-state index is 12.4. The monoisotopic (exact) mass is 534 g/mol. The second-order valence-electron chi connectivity index (χ2n) is 8.73. The zero-order valence-corrected chi connectivity index (χ0v) is 21.3. The number of piperazine rings is 1. The predicted octanol–water partition coefficient (Wildman–Crippen LogP) is 3.61. The van der Waals surface area contributed by atoms with Gasteiger partial charge in [-0.1, -0.05) is 0 Å². The van der Waals surface area contributed by atoms with E-state index in [0.717, 1.165) is 64.6 Å². The molecule has 1 aromatic carbocycles. The van der Waals surface area contributed by atoms with Crippen LogP contribution in [0.2, 0.25) is 0 Å². The number of carbonyl (C=O) groups is 1. The lowest BCUT2D eigenvalue weighted by Crippen LogP contribution is -2.48. The fraction of sp³-hybridized carbons (Fsp3) is 0.280. The molecule has 1 fully saturated rings. The van der Waals surface area contributed by atoms with Gasteiger partial charge in [-0.25, -0.2) is 9.97 Å². The Labute approximate surface area is 212 Å². The lowest BCUT2D eigenvalue weighted by Gasteiger charge is -2.36. The summed E-state index contributed by atoms with van der Waals surface area (Å²) < 4.78 is 0.911. The van der Waals surface area contributed by atoms with Crippen molar-refractivity contribution in [2.75, 3.05) is 61.9 Å². The van der Waals surface area contributed by atoms with Crippen LogP contribution in [0.3, 0.4) is 0 Å². The zero-order chi connectivity index (χ0) is 24.4. The Balaban J connectivity index is 1.29. The van der Waals surface area contributed by atoms with Gasteiger partial charge in [-0.2, -0.15) is 0 Å². The zero-order valence-electron chi connectivity index (χ0n) is 19.7. The maximum Gasteiger partial charge on any atom is 0.238 e. The molecule has 1 aliphatic heterocycles. The van der Waals surface area contributed by atoms with Crippen LogP contribution in [-0.4, -0.2) is 77.6 Å². The summed E-state index contributed by atoms with van der Waals surface area (Å²) in [5, 5.41) is 2.90. The number of aromatic nitrogens is 4. The Hall–Kier alpha value is -3.50. The van der Waals surface area contributed by atoms with Crippen LogP contribution in [0.25, 0.3) is 22.6 Å². The number of aromatic amines is 1. The number of imidazole rings is 1. The molecule has 1 saturated heterocycles. The smallest absolute Gasteiger partial charge is 0.238 e. The van der Waals surface area contributed by atoms with Crippen LogP contribution in [0, 0.1) is 0 Å². The average molecular weight is 535 g/mol. The molecule has 0 unspecified atom stereocenters. The summed E-state index contributed by atoms with van der Waals surface area (Å²) in [7, 11) is 4.05. The van der Waals surface area contributed by atoms with E-state index in [-0.39, 0.29) is 5.91 Å². The Morgan fingerprint density at radius 3 is 2.57 bits per heavy atom. The van der Waals surface area contributed by atoms with Crippen molar-refractivity contribution >= 4 is 50.1 Å². The third-order valence-corrected chi connectivity index (χ3v) is 6.68. The summed E-state index contributed by atoms with van der Waals surface area (Å²) in [6.07, 6.45) is 5.16. The van der Waals surface area contributed by atoms with Crippen LogP contribution in [0.5, 0.6) is 0 Å². The lowest BCUT2D eigenvalue weighted by molar-refractivity contribution is -0.117. The number of pyridine rings is 2. The molecule has 2 N–H and O–H groups in total. The van der Waals surface area contributed by atoms with Crippen LogP contribution in [0.15, 0.2) is 59.5 Å². The van der Waals surface area contributed by atoms with Gasteiger partial charge in [0.15, 0.2) is 5.65 Å². The van der Waals surface area contributed by atoms with Crippen LogP contribution < -0.4 is 15.1 Å². The fourth-order valence-electron chi connectivity index (χ4n) is 4.24. The minimum atomic E-state index is -0.0313. The third kappa shape index (κ3) is 5.13. The molecule has 3 aromatic heterocycles. The minimum Gasteiger partial charge on any atom is -0.378 e. The largest absolute Gasteiger partial charge is 0.378 e. The van der Waals surface area contributed by atoms with E-state index in [4.69, 9.17) is 4.98 Å². The Morgan fingerprint density at radius 2 is 1.89 bits per heavy atom. The summed E-state index contributed by atoms with van der Waals surface area (Å²) in [5.74, 6) is 0.763. The summed E-state index contributed by atoms with van der Waals surface area (Å²) in [4.78, 5) is 35.9.